The monoisotopic (exact) mass is 370 g/mol. The third kappa shape index (κ3) is 3.18. The Balaban J connectivity index is 1.75. The number of benzene rings is 3. The Hall–Kier alpha value is -3.73. The van der Waals surface area contributed by atoms with Crippen molar-refractivity contribution < 1.29 is 14.3 Å². The number of ether oxygens (including phenoxy) is 2. The Bertz CT molecular complexity index is 1160. The molecule has 5 nitrogen and oxygen atoms in total. The van der Waals surface area contributed by atoms with E-state index < -0.39 is 0 Å². The Labute approximate surface area is 162 Å². The van der Waals surface area contributed by atoms with Gasteiger partial charge < -0.3 is 9.47 Å². The highest BCUT2D eigenvalue weighted by molar-refractivity contribution is 6.11. The van der Waals surface area contributed by atoms with Gasteiger partial charge >= 0.3 is 0 Å². The highest BCUT2D eigenvalue weighted by Crippen LogP contribution is 2.30. The summed E-state index contributed by atoms with van der Waals surface area (Å²) in [5.74, 6) is 0.989. The maximum Gasteiger partial charge on any atom is 0.193 e. The molecule has 0 aliphatic carbocycles. The lowest BCUT2D eigenvalue weighted by atomic mass is 9.99. The van der Waals surface area contributed by atoms with Gasteiger partial charge in [0.25, 0.3) is 0 Å². The number of ketones is 1. The van der Waals surface area contributed by atoms with Gasteiger partial charge in [-0.1, -0.05) is 36.4 Å². The average molecular weight is 370 g/mol. The van der Waals surface area contributed by atoms with Gasteiger partial charge in [0, 0.05) is 22.1 Å². The van der Waals surface area contributed by atoms with Crippen molar-refractivity contribution in [3.63, 3.8) is 0 Å². The van der Waals surface area contributed by atoms with Crippen molar-refractivity contribution >= 4 is 16.7 Å². The van der Waals surface area contributed by atoms with Crippen LogP contribution in [0.3, 0.4) is 0 Å². The summed E-state index contributed by atoms with van der Waals surface area (Å²) in [6.45, 7) is 0. The van der Waals surface area contributed by atoms with E-state index in [0.717, 1.165) is 22.2 Å². The van der Waals surface area contributed by atoms with Gasteiger partial charge in [-0.05, 0) is 30.3 Å². The molecule has 1 aromatic heterocycles. The van der Waals surface area contributed by atoms with Crippen LogP contribution in [-0.2, 0) is 0 Å². The summed E-state index contributed by atoms with van der Waals surface area (Å²) in [5.41, 5.74) is 3.65. The Morgan fingerprint density at radius 2 is 1.50 bits per heavy atom. The van der Waals surface area contributed by atoms with Crippen LogP contribution in [-0.4, -0.2) is 30.0 Å². The molecule has 138 valence electrons. The number of aromatic nitrogens is 2. The summed E-state index contributed by atoms with van der Waals surface area (Å²) in [6, 6.07) is 20.5. The van der Waals surface area contributed by atoms with E-state index in [1.54, 1.807) is 44.6 Å². The molecule has 0 atom stereocenters. The van der Waals surface area contributed by atoms with Crippen LogP contribution in [0.1, 0.15) is 15.9 Å². The first-order valence-electron chi connectivity index (χ1n) is 8.78. The van der Waals surface area contributed by atoms with Gasteiger partial charge in [0.05, 0.1) is 25.4 Å². The minimum atomic E-state index is -0.109. The van der Waals surface area contributed by atoms with E-state index in [2.05, 4.69) is 9.97 Å². The predicted octanol–water partition coefficient (Wildman–Crippen LogP) is 4.55. The van der Waals surface area contributed by atoms with E-state index in [4.69, 9.17) is 9.47 Å². The summed E-state index contributed by atoms with van der Waals surface area (Å²) < 4.78 is 10.5. The number of carbonyl (C=O) groups is 1. The lowest BCUT2D eigenvalue weighted by Gasteiger charge is -2.10. The summed E-state index contributed by atoms with van der Waals surface area (Å²) in [7, 11) is 3.11. The second kappa shape index (κ2) is 7.48. The first-order chi connectivity index (χ1) is 13.7. The zero-order chi connectivity index (χ0) is 19.5. The first kappa shape index (κ1) is 17.7. The molecule has 0 aliphatic rings. The van der Waals surface area contributed by atoms with Gasteiger partial charge in [0.2, 0.25) is 0 Å². The predicted molar refractivity (Wildman–Crippen MR) is 108 cm³/mol. The van der Waals surface area contributed by atoms with Crippen LogP contribution in [0.5, 0.6) is 11.5 Å². The number of carbonyl (C=O) groups excluding carboxylic acids is 1. The molecular weight excluding hydrogens is 352 g/mol. The summed E-state index contributed by atoms with van der Waals surface area (Å²) in [4.78, 5) is 21.8. The average Bonchev–Trinajstić information content (AvgIpc) is 2.77. The summed E-state index contributed by atoms with van der Waals surface area (Å²) in [6.07, 6.45) is 1.52. The molecule has 5 heteroatoms. The molecule has 1 heterocycles. The Morgan fingerprint density at radius 1 is 0.786 bits per heavy atom. The van der Waals surface area contributed by atoms with Gasteiger partial charge in [-0.3, -0.25) is 4.79 Å². The van der Waals surface area contributed by atoms with Gasteiger partial charge in [-0.15, -0.1) is 0 Å². The third-order valence-electron chi connectivity index (χ3n) is 4.59. The van der Waals surface area contributed by atoms with E-state index in [1.165, 1.54) is 6.33 Å². The standard InChI is InChI=1S/C23H18N2O3/c1-27-20-11-9-17(13-21(20)28-2)23(26)16-8-10-18-19(12-16)24-14-25-22(18)15-6-4-3-5-7-15/h3-14H,1-2H3. The van der Waals surface area contributed by atoms with Crippen LogP contribution in [0.25, 0.3) is 22.2 Å². The van der Waals surface area contributed by atoms with Crippen molar-refractivity contribution in [3.05, 3.63) is 84.2 Å². The molecule has 0 saturated carbocycles. The minimum Gasteiger partial charge on any atom is -0.493 e. The number of fused-ring (bicyclic) bond motifs is 1. The fourth-order valence-corrected chi connectivity index (χ4v) is 3.17. The largest absolute Gasteiger partial charge is 0.493 e. The van der Waals surface area contributed by atoms with Gasteiger partial charge in [0.15, 0.2) is 17.3 Å². The smallest absolute Gasteiger partial charge is 0.193 e. The van der Waals surface area contributed by atoms with Crippen LogP contribution in [0.2, 0.25) is 0 Å². The van der Waals surface area contributed by atoms with Crippen molar-refractivity contribution in [3.8, 4) is 22.8 Å². The molecule has 0 spiro atoms. The molecule has 0 unspecified atom stereocenters. The summed E-state index contributed by atoms with van der Waals surface area (Å²) in [5, 5.41) is 0.901. The maximum absolute atomic E-state index is 13.0. The SMILES string of the molecule is COc1ccc(C(=O)c2ccc3c(-c4ccccc4)ncnc3c2)cc1OC. The van der Waals surface area contributed by atoms with E-state index in [-0.39, 0.29) is 5.78 Å². The highest BCUT2D eigenvalue weighted by atomic mass is 16.5. The Morgan fingerprint density at radius 3 is 2.25 bits per heavy atom. The molecule has 4 aromatic rings. The van der Waals surface area contributed by atoms with E-state index >= 15 is 0 Å². The van der Waals surface area contributed by atoms with E-state index in [0.29, 0.717) is 22.6 Å². The quantitative estimate of drug-likeness (QED) is 0.483. The van der Waals surface area contributed by atoms with Crippen molar-refractivity contribution in [2.24, 2.45) is 0 Å². The molecule has 0 aliphatic heterocycles. The number of hydrogen-bond acceptors (Lipinski definition) is 5. The number of rotatable bonds is 5. The zero-order valence-corrected chi connectivity index (χ0v) is 15.5. The molecule has 0 bridgehead atoms. The van der Waals surface area contributed by atoms with Crippen LogP contribution in [0, 0.1) is 0 Å². The molecule has 28 heavy (non-hydrogen) atoms. The van der Waals surface area contributed by atoms with Gasteiger partial charge in [-0.2, -0.15) is 0 Å². The van der Waals surface area contributed by atoms with Crippen LogP contribution < -0.4 is 9.47 Å². The van der Waals surface area contributed by atoms with Gasteiger partial charge in [0.1, 0.15) is 6.33 Å². The van der Waals surface area contributed by atoms with Crippen LogP contribution in [0.4, 0.5) is 0 Å². The molecule has 0 saturated heterocycles. The molecule has 0 fully saturated rings. The number of methoxy groups -OCH3 is 2. The molecule has 0 N–H and O–H groups in total. The topological polar surface area (TPSA) is 61.3 Å². The molecule has 4 rings (SSSR count). The van der Waals surface area contributed by atoms with Crippen LogP contribution in [0.15, 0.2) is 73.1 Å². The van der Waals surface area contributed by atoms with Crippen molar-refractivity contribution in [1.82, 2.24) is 9.97 Å². The Kier molecular flexibility index (Phi) is 4.72. The lowest BCUT2D eigenvalue weighted by Crippen LogP contribution is -2.03. The molecule has 0 amide bonds. The maximum atomic E-state index is 13.0. The van der Waals surface area contributed by atoms with Crippen molar-refractivity contribution in [1.29, 1.82) is 0 Å². The molecule has 0 radical (unpaired) electrons. The third-order valence-corrected chi connectivity index (χ3v) is 4.59. The van der Waals surface area contributed by atoms with E-state index in [1.807, 2.05) is 36.4 Å². The fraction of sp³-hybridized carbons (Fsp3) is 0.0870. The zero-order valence-electron chi connectivity index (χ0n) is 15.5. The van der Waals surface area contributed by atoms with Crippen molar-refractivity contribution in [2.45, 2.75) is 0 Å². The normalized spacial score (nSPS) is 10.6. The molecular formula is C23H18N2O3. The number of nitrogens with zero attached hydrogens (tertiary/aromatic N) is 2. The fourth-order valence-electron chi connectivity index (χ4n) is 3.17. The van der Waals surface area contributed by atoms with E-state index in [9.17, 15) is 4.79 Å². The first-order valence-corrected chi connectivity index (χ1v) is 8.78. The second-order valence-corrected chi connectivity index (χ2v) is 6.22. The van der Waals surface area contributed by atoms with Crippen LogP contribution >= 0.6 is 0 Å². The second-order valence-electron chi connectivity index (χ2n) is 6.22. The molecule has 3 aromatic carbocycles. The lowest BCUT2D eigenvalue weighted by molar-refractivity contribution is 0.103. The van der Waals surface area contributed by atoms with Crippen molar-refractivity contribution in [2.75, 3.05) is 14.2 Å². The number of hydrogen-bond donors (Lipinski definition) is 0. The highest BCUT2D eigenvalue weighted by Gasteiger charge is 2.15. The van der Waals surface area contributed by atoms with Gasteiger partial charge in [-0.25, -0.2) is 9.97 Å². The summed E-state index contributed by atoms with van der Waals surface area (Å²) >= 11 is 0. The minimum absolute atomic E-state index is 0.109.